The largest absolute Gasteiger partial charge is 0.464 e. The third kappa shape index (κ3) is 2.91. The highest BCUT2D eigenvalue weighted by atomic mass is 35.5. The van der Waals surface area contributed by atoms with E-state index in [0.717, 1.165) is 36.2 Å². The van der Waals surface area contributed by atoms with E-state index in [9.17, 15) is 0 Å². The molecule has 0 radical (unpaired) electrons. The highest BCUT2D eigenvalue weighted by molar-refractivity contribution is 6.17. The summed E-state index contributed by atoms with van der Waals surface area (Å²) in [5.41, 5.74) is 0.868. The van der Waals surface area contributed by atoms with Crippen LogP contribution >= 0.6 is 11.6 Å². The van der Waals surface area contributed by atoms with Crippen LogP contribution in [-0.2, 0) is 0 Å². The van der Waals surface area contributed by atoms with E-state index in [0.29, 0.717) is 11.8 Å². The summed E-state index contributed by atoms with van der Waals surface area (Å²) in [4.78, 5) is 4.34. The first-order valence-electron chi connectivity index (χ1n) is 5.97. The fraction of sp³-hybridized carbons (Fsp3) is 0.462. The van der Waals surface area contributed by atoms with Crippen molar-refractivity contribution in [1.29, 1.82) is 0 Å². The van der Waals surface area contributed by atoms with Gasteiger partial charge < -0.3 is 9.73 Å². The maximum absolute atomic E-state index is 5.78. The van der Waals surface area contributed by atoms with Crippen molar-refractivity contribution in [3.63, 3.8) is 0 Å². The molecule has 3 nitrogen and oxygen atoms in total. The van der Waals surface area contributed by atoms with Crippen molar-refractivity contribution in [1.82, 2.24) is 4.98 Å². The van der Waals surface area contributed by atoms with Gasteiger partial charge >= 0.3 is 0 Å². The number of furan rings is 1. The molecule has 0 spiro atoms. The number of pyridine rings is 1. The van der Waals surface area contributed by atoms with Crippen LogP contribution in [0.3, 0.4) is 0 Å². The van der Waals surface area contributed by atoms with E-state index in [4.69, 9.17) is 16.0 Å². The summed E-state index contributed by atoms with van der Waals surface area (Å²) in [7, 11) is 0. The zero-order valence-electron chi connectivity index (χ0n) is 9.95. The molecule has 2 aromatic rings. The van der Waals surface area contributed by atoms with E-state index in [1.807, 2.05) is 12.1 Å². The molecule has 1 N–H and O–H groups in total. The van der Waals surface area contributed by atoms with Gasteiger partial charge in [0.2, 0.25) is 0 Å². The number of hydrogen-bond donors (Lipinski definition) is 1. The Kier molecular flexibility index (Phi) is 4.26. The first kappa shape index (κ1) is 12.2. The zero-order chi connectivity index (χ0) is 12.1. The Bertz CT molecular complexity index is 469. The second kappa shape index (κ2) is 5.92. The first-order valence-corrected chi connectivity index (χ1v) is 6.50. The second-order valence-corrected chi connectivity index (χ2v) is 4.50. The van der Waals surface area contributed by atoms with Gasteiger partial charge in [0.25, 0.3) is 0 Å². The molecule has 17 heavy (non-hydrogen) atoms. The molecular formula is C13H17ClN2O. The summed E-state index contributed by atoms with van der Waals surface area (Å²) in [6.45, 7) is 3.09. The molecule has 0 saturated carbocycles. The van der Waals surface area contributed by atoms with Crippen LogP contribution < -0.4 is 5.32 Å². The summed E-state index contributed by atoms with van der Waals surface area (Å²) in [6, 6.07) is 3.81. The van der Waals surface area contributed by atoms with Crippen molar-refractivity contribution in [2.24, 2.45) is 5.92 Å². The molecule has 0 saturated heterocycles. The van der Waals surface area contributed by atoms with Crippen LogP contribution in [0.1, 0.15) is 19.8 Å². The van der Waals surface area contributed by atoms with Gasteiger partial charge in [-0.2, -0.15) is 0 Å². The minimum atomic E-state index is 0.594. The normalized spacial score (nSPS) is 12.8. The van der Waals surface area contributed by atoms with Crippen molar-refractivity contribution in [2.75, 3.05) is 17.7 Å². The number of fused-ring (bicyclic) bond motifs is 1. The standard InChI is InChI=1S/C13H17ClN2O/c1-2-10(3-6-14)9-16-13-11-5-8-17-12(11)4-7-15-13/h4-5,7-8,10H,2-3,6,9H2,1H3,(H,15,16). The van der Waals surface area contributed by atoms with Crippen LogP contribution in [0.4, 0.5) is 5.82 Å². The average molecular weight is 253 g/mol. The number of alkyl halides is 1. The Morgan fingerprint density at radius 3 is 3.12 bits per heavy atom. The lowest BCUT2D eigenvalue weighted by molar-refractivity contribution is 0.521. The number of anilines is 1. The van der Waals surface area contributed by atoms with Gasteiger partial charge in [0, 0.05) is 18.6 Å². The molecule has 0 amide bonds. The Balaban J connectivity index is 2.05. The van der Waals surface area contributed by atoms with Gasteiger partial charge in [-0.3, -0.25) is 0 Å². The van der Waals surface area contributed by atoms with Crippen molar-refractivity contribution in [3.8, 4) is 0 Å². The molecular weight excluding hydrogens is 236 g/mol. The second-order valence-electron chi connectivity index (χ2n) is 4.12. The summed E-state index contributed by atoms with van der Waals surface area (Å²) >= 11 is 5.78. The smallest absolute Gasteiger partial charge is 0.139 e. The number of nitrogens with one attached hydrogen (secondary N) is 1. The maximum atomic E-state index is 5.78. The minimum absolute atomic E-state index is 0.594. The number of nitrogens with zero attached hydrogens (tertiary/aromatic N) is 1. The molecule has 0 bridgehead atoms. The predicted molar refractivity (Wildman–Crippen MR) is 71.6 cm³/mol. The summed E-state index contributed by atoms with van der Waals surface area (Å²) in [5.74, 6) is 2.20. The van der Waals surface area contributed by atoms with E-state index >= 15 is 0 Å². The van der Waals surface area contributed by atoms with Crippen LogP contribution in [0.25, 0.3) is 11.0 Å². The third-order valence-electron chi connectivity index (χ3n) is 3.03. The fourth-order valence-corrected chi connectivity index (χ4v) is 2.19. The van der Waals surface area contributed by atoms with E-state index in [-0.39, 0.29) is 0 Å². The predicted octanol–water partition coefficient (Wildman–Crippen LogP) is 3.89. The quantitative estimate of drug-likeness (QED) is 0.793. The Labute approximate surface area is 106 Å². The molecule has 0 aliphatic rings. The van der Waals surface area contributed by atoms with Crippen LogP contribution in [0.5, 0.6) is 0 Å². The van der Waals surface area contributed by atoms with E-state index in [1.165, 1.54) is 0 Å². The average Bonchev–Trinajstić information content (AvgIpc) is 2.83. The topological polar surface area (TPSA) is 38.1 Å². The van der Waals surface area contributed by atoms with Crippen molar-refractivity contribution < 1.29 is 4.42 Å². The van der Waals surface area contributed by atoms with Gasteiger partial charge in [0.1, 0.15) is 11.4 Å². The van der Waals surface area contributed by atoms with E-state index < -0.39 is 0 Å². The summed E-state index contributed by atoms with van der Waals surface area (Å²) < 4.78 is 5.34. The SMILES string of the molecule is CCC(CCCl)CNc1nccc2occc12. The van der Waals surface area contributed by atoms with Gasteiger partial charge in [-0.05, 0) is 24.5 Å². The van der Waals surface area contributed by atoms with Crippen LogP contribution in [0, 0.1) is 5.92 Å². The molecule has 92 valence electrons. The first-order chi connectivity index (χ1) is 8.35. The molecule has 0 aliphatic carbocycles. The molecule has 2 heterocycles. The fourth-order valence-electron chi connectivity index (χ4n) is 1.88. The van der Waals surface area contributed by atoms with Crippen LogP contribution in [0.2, 0.25) is 0 Å². The highest BCUT2D eigenvalue weighted by Crippen LogP contribution is 2.22. The van der Waals surface area contributed by atoms with Crippen LogP contribution in [0.15, 0.2) is 29.0 Å². The highest BCUT2D eigenvalue weighted by Gasteiger charge is 2.08. The van der Waals surface area contributed by atoms with Gasteiger partial charge in [-0.15, -0.1) is 11.6 Å². The van der Waals surface area contributed by atoms with Gasteiger partial charge in [0.05, 0.1) is 11.6 Å². The summed E-state index contributed by atoms with van der Waals surface area (Å²) in [6.07, 6.45) is 5.61. The Morgan fingerprint density at radius 2 is 2.35 bits per heavy atom. The molecule has 0 fully saturated rings. The van der Waals surface area contributed by atoms with Gasteiger partial charge in [-0.25, -0.2) is 4.98 Å². The molecule has 2 aromatic heterocycles. The zero-order valence-corrected chi connectivity index (χ0v) is 10.7. The third-order valence-corrected chi connectivity index (χ3v) is 3.25. The monoisotopic (exact) mass is 252 g/mol. The lowest BCUT2D eigenvalue weighted by Gasteiger charge is -2.14. The van der Waals surface area contributed by atoms with Crippen molar-refractivity contribution in [2.45, 2.75) is 19.8 Å². The van der Waals surface area contributed by atoms with Crippen LogP contribution in [-0.4, -0.2) is 17.4 Å². The molecule has 1 atom stereocenters. The molecule has 0 aromatic carbocycles. The van der Waals surface area contributed by atoms with E-state index in [2.05, 4.69) is 17.2 Å². The lowest BCUT2D eigenvalue weighted by Crippen LogP contribution is -2.14. The number of rotatable bonds is 6. The Hall–Kier alpha value is -1.22. The summed E-state index contributed by atoms with van der Waals surface area (Å²) in [5, 5.41) is 4.42. The number of aromatic nitrogens is 1. The van der Waals surface area contributed by atoms with Gasteiger partial charge in [-0.1, -0.05) is 13.3 Å². The van der Waals surface area contributed by atoms with Gasteiger partial charge in [0.15, 0.2) is 0 Å². The molecule has 1 unspecified atom stereocenters. The number of hydrogen-bond acceptors (Lipinski definition) is 3. The lowest BCUT2D eigenvalue weighted by atomic mass is 10.0. The minimum Gasteiger partial charge on any atom is -0.464 e. The molecule has 2 rings (SSSR count). The van der Waals surface area contributed by atoms with Crippen molar-refractivity contribution >= 4 is 28.4 Å². The van der Waals surface area contributed by atoms with Crippen molar-refractivity contribution in [3.05, 3.63) is 24.6 Å². The number of halogens is 1. The molecule has 0 aliphatic heterocycles. The van der Waals surface area contributed by atoms with E-state index in [1.54, 1.807) is 12.5 Å². The molecule has 4 heteroatoms. The maximum Gasteiger partial charge on any atom is 0.139 e. The Morgan fingerprint density at radius 1 is 1.47 bits per heavy atom.